The van der Waals surface area contributed by atoms with Crippen molar-refractivity contribution in [1.82, 2.24) is 0 Å². The Kier molecular flexibility index (Phi) is 6.93. The summed E-state index contributed by atoms with van der Waals surface area (Å²) in [5.41, 5.74) is 3.31. The van der Waals surface area contributed by atoms with Gasteiger partial charge in [-0.3, -0.25) is 9.59 Å². The highest BCUT2D eigenvalue weighted by Gasteiger charge is 2.17. The second-order valence-electron chi connectivity index (χ2n) is 6.71. The number of benzene rings is 2. The van der Waals surface area contributed by atoms with Gasteiger partial charge in [0.25, 0.3) is 5.91 Å². The molecule has 3 rings (SSSR count). The first kappa shape index (κ1) is 21.2. The van der Waals surface area contributed by atoms with Crippen LogP contribution in [-0.2, 0) is 14.3 Å². The Morgan fingerprint density at radius 2 is 1.83 bits per heavy atom. The SMILES string of the molecule is CC(=O)c1cccc(NC(=O)COC(=O)/C(=C/c2cccc(C)c2)c2cccs2)c1. The van der Waals surface area contributed by atoms with Crippen molar-refractivity contribution in [2.24, 2.45) is 0 Å². The van der Waals surface area contributed by atoms with E-state index in [-0.39, 0.29) is 5.78 Å². The predicted molar refractivity (Wildman–Crippen MR) is 119 cm³/mol. The molecule has 0 saturated carbocycles. The molecule has 152 valence electrons. The smallest absolute Gasteiger partial charge is 0.340 e. The van der Waals surface area contributed by atoms with Gasteiger partial charge in [0.2, 0.25) is 0 Å². The molecule has 2 aromatic carbocycles. The zero-order valence-corrected chi connectivity index (χ0v) is 17.5. The van der Waals surface area contributed by atoms with E-state index < -0.39 is 18.5 Å². The summed E-state index contributed by atoms with van der Waals surface area (Å²) >= 11 is 1.42. The van der Waals surface area contributed by atoms with Crippen molar-refractivity contribution < 1.29 is 19.1 Å². The number of hydrogen-bond acceptors (Lipinski definition) is 5. The lowest BCUT2D eigenvalue weighted by Crippen LogP contribution is -2.21. The zero-order valence-electron chi connectivity index (χ0n) is 16.7. The monoisotopic (exact) mass is 419 g/mol. The van der Waals surface area contributed by atoms with E-state index in [0.29, 0.717) is 16.8 Å². The van der Waals surface area contributed by atoms with Gasteiger partial charge in [-0.25, -0.2) is 4.79 Å². The van der Waals surface area contributed by atoms with Gasteiger partial charge < -0.3 is 10.1 Å². The number of aryl methyl sites for hydroxylation is 1. The summed E-state index contributed by atoms with van der Waals surface area (Å²) in [4.78, 5) is 37.2. The van der Waals surface area contributed by atoms with Crippen LogP contribution < -0.4 is 5.32 Å². The van der Waals surface area contributed by atoms with Crippen LogP contribution in [0.5, 0.6) is 0 Å². The number of rotatable bonds is 7. The lowest BCUT2D eigenvalue weighted by Gasteiger charge is -2.09. The molecular weight excluding hydrogens is 398 g/mol. The Morgan fingerprint density at radius 1 is 1.03 bits per heavy atom. The summed E-state index contributed by atoms with van der Waals surface area (Å²) in [6.45, 7) is 3.00. The largest absolute Gasteiger partial charge is 0.452 e. The van der Waals surface area contributed by atoms with E-state index in [0.717, 1.165) is 16.0 Å². The molecule has 0 atom stereocenters. The number of esters is 1. The van der Waals surface area contributed by atoms with Gasteiger partial charge in [-0.15, -0.1) is 11.3 Å². The van der Waals surface area contributed by atoms with E-state index in [1.165, 1.54) is 18.3 Å². The number of thiophene rings is 1. The Labute approximate surface area is 179 Å². The summed E-state index contributed by atoms with van der Waals surface area (Å²) in [6, 6.07) is 18.1. The van der Waals surface area contributed by atoms with Gasteiger partial charge in [0.1, 0.15) is 0 Å². The topological polar surface area (TPSA) is 72.5 Å². The van der Waals surface area contributed by atoms with E-state index in [4.69, 9.17) is 4.74 Å². The molecule has 0 saturated heterocycles. The van der Waals surface area contributed by atoms with E-state index in [9.17, 15) is 14.4 Å². The third kappa shape index (κ3) is 5.75. The molecule has 6 heteroatoms. The third-order valence-electron chi connectivity index (χ3n) is 4.25. The Balaban J connectivity index is 1.70. The maximum Gasteiger partial charge on any atom is 0.340 e. The van der Waals surface area contributed by atoms with Crippen molar-refractivity contribution in [3.05, 3.63) is 87.6 Å². The van der Waals surface area contributed by atoms with E-state index in [1.807, 2.05) is 48.7 Å². The molecule has 0 aliphatic carbocycles. The molecule has 0 aliphatic rings. The van der Waals surface area contributed by atoms with Crippen molar-refractivity contribution in [2.45, 2.75) is 13.8 Å². The average Bonchev–Trinajstić information content (AvgIpc) is 3.25. The lowest BCUT2D eigenvalue weighted by molar-refractivity contribution is -0.141. The van der Waals surface area contributed by atoms with Crippen molar-refractivity contribution in [3.63, 3.8) is 0 Å². The van der Waals surface area contributed by atoms with Crippen LogP contribution in [0.15, 0.2) is 66.0 Å². The summed E-state index contributed by atoms with van der Waals surface area (Å²) < 4.78 is 5.26. The minimum absolute atomic E-state index is 0.0978. The summed E-state index contributed by atoms with van der Waals surface area (Å²) in [5.74, 6) is -1.16. The molecule has 0 unspecified atom stereocenters. The van der Waals surface area contributed by atoms with Crippen molar-refractivity contribution in [1.29, 1.82) is 0 Å². The molecule has 0 aliphatic heterocycles. The van der Waals surface area contributed by atoms with Crippen LogP contribution in [0, 0.1) is 6.92 Å². The number of Topliss-reactive ketones (excluding diaryl/α,β-unsaturated/α-hetero) is 1. The number of carbonyl (C=O) groups excluding carboxylic acids is 3. The number of anilines is 1. The van der Waals surface area contributed by atoms with Crippen LogP contribution in [0.25, 0.3) is 11.6 Å². The summed E-state index contributed by atoms with van der Waals surface area (Å²) in [6.07, 6.45) is 1.76. The van der Waals surface area contributed by atoms with Crippen molar-refractivity contribution in [2.75, 3.05) is 11.9 Å². The van der Waals surface area contributed by atoms with Crippen LogP contribution in [0.4, 0.5) is 5.69 Å². The molecule has 1 aromatic heterocycles. The molecule has 1 amide bonds. The molecule has 3 aromatic rings. The van der Waals surface area contributed by atoms with Crippen LogP contribution in [0.3, 0.4) is 0 Å². The second-order valence-corrected chi connectivity index (χ2v) is 7.66. The fraction of sp³-hybridized carbons (Fsp3) is 0.125. The molecule has 1 heterocycles. The van der Waals surface area contributed by atoms with E-state index in [1.54, 1.807) is 30.3 Å². The van der Waals surface area contributed by atoms with Gasteiger partial charge in [-0.05, 0) is 49.1 Å². The molecule has 5 nitrogen and oxygen atoms in total. The summed E-state index contributed by atoms with van der Waals surface area (Å²) in [5, 5.41) is 4.51. The standard InChI is InChI=1S/C24H21NO4S/c1-16-6-3-7-18(12-16)13-21(22-10-5-11-30-22)24(28)29-15-23(27)25-20-9-4-8-19(14-20)17(2)26/h3-14H,15H2,1-2H3,(H,25,27)/b21-13+. The first-order valence-corrected chi connectivity index (χ1v) is 10.2. The number of amides is 1. The lowest BCUT2D eigenvalue weighted by atomic mass is 10.1. The molecule has 0 fully saturated rings. The third-order valence-corrected chi connectivity index (χ3v) is 5.15. The predicted octanol–water partition coefficient (Wildman–Crippen LogP) is 4.98. The van der Waals surface area contributed by atoms with Crippen LogP contribution in [0.1, 0.15) is 33.3 Å². The molecule has 0 bridgehead atoms. The van der Waals surface area contributed by atoms with Gasteiger partial charge in [0.15, 0.2) is 12.4 Å². The molecular formula is C24H21NO4S. The number of carbonyl (C=O) groups is 3. The second kappa shape index (κ2) is 9.80. The van der Waals surface area contributed by atoms with Gasteiger partial charge in [0.05, 0.1) is 5.57 Å². The number of ether oxygens (including phenoxy) is 1. The maximum absolute atomic E-state index is 12.7. The fourth-order valence-electron chi connectivity index (χ4n) is 2.81. The van der Waals surface area contributed by atoms with Gasteiger partial charge in [0, 0.05) is 16.1 Å². The normalized spacial score (nSPS) is 11.1. The zero-order chi connectivity index (χ0) is 21.5. The van der Waals surface area contributed by atoms with Crippen LogP contribution in [-0.4, -0.2) is 24.3 Å². The number of nitrogens with one attached hydrogen (secondary N) is 1. The number of ketones is 1. The van der Waals surface area contributed by atoms with Crippen molar-refractivity contribution in [3.8, 4) is 0 Å². The van der Waals surface area contributed by atoms with Gasteiger partial charge in [-0.2, -0.15) is 0 Å². The average molecular weight is 420 g/mol. The minimum atomic E-state index is -0.577. The molecule has 30 heavy (non-hydrogen) atoms. The van der Waals surface area contributed by atoms with E-state index in [2.05, 4.69) is 5.32 Å². The van der Waals surface area contributed by atoms with Crippen molar-refractivity contribution >= 4 is 46.3 Å². The quantitative estimate of drug-likeness (QED) is 0.333. The first-order chi connectivity index (χ1) is 14.4. The highest BCUT2D eigenvalue weighted by Crippen LogP contribution is 2.24. The van der Waals surface area contributed by atoms with Crippen LogP contribution in [0.2, 0.25) is 0 Å². The van der Waals surface area contributed by atoms with Gasteiger partial charge in [-0.1, -0.05) is 48.0 Å². The Bertz CT molecular complexity index is 1100. The minimum Gasteiger partial charge on any atom is -0.452 e. The Morgan fingerprint density at radius 3 is 2.53 bits per heavy atom. The molecule has 0 radical (unpaired) electrons. The summed E-state index contributed by atoms with van der Waals surface area (Å²) in [7, 11) is 0. The highest BCUT2D eigenvalue weighted by atomic mass is 32.1. The number of hydrogen-bond donors (Lipinski definition) is 1. The Hall–Kier alpha value is -3.51. The fourth-order valence-corrected chi connectivity index (χ4v) is 3.54. The van der Waals surface area contributed by atoms with Crippen LogP contribution >= 0.6 is 11.3 Å². The van der Waals surface area contributed by atoms with E-state index >= 15 is 0 Å². The maximum atomic E-state index is 12.7. The van der Waals surface area contributed by atoms with Gasteiger partial charge >= 0.3 is 5.97 Å². The molecule has 0 spiro atoms. The first-order valence-electron chi connectivity index (χ1n) is 9.32. The highest BCUT2D eigenvalue weighted by molar-refractivity contribution is 7.11. The molecule has 1 N–H and O–H groups in total.